The number of thiocarbonyl (C=S) groups is 1. The Morgan fingerprint density at radius 1 is 1.12 bits per heavy atom. The molecule has 7 heteroatoms. The first-order valence-corrected chi connectivity index (χ1v) is 9.15. The Morgan fingerprint density at radius 2 is 1.80 bits per heavy atom. The fourth-order valence-corrected chi connectivity index (χ4v) is 2.86. The van der Waals surface area contributed by atoms with E-state index in [-0.39, 0.29) is 22.8 Å². The number of hydrazine groups is 1. The number of rotatable bonds is 5. The topological polar surface area (TPSA) is 79.5 Å². The SMILES string of the molecule is CCCOc1ccc(C(=O)NC(=S)NNC(=O)C2CCCCC2)cc1. The van der Waals surface area contributed by atoms with E-state index in [1.54, 1.807) is 24.3 Å². The number of carbonyl (C=O) groups excluding carboxylic acids is 2. The summed E-state index contributed by atoms with van der Waals surface area (Å²) < 4.78 is 5.48. The Bertz CT molecular complexity index is 598. The monoisotopic (exact) mass is 363 g/mol. The molecule has 0 saturated heterocycles. The van der Waals surface area contributed by atoms with E-state index >= 15 is 0 Å². The van der Waals surface area contributed by atoms with Crippen molar-refractivity contribution in [2.75, 3.05) is 6.61 Å². The predicted molar refractivity (Wildman–Crippen MR) is 100 cm³/mol. The molecule has 1 aliphatic rings. The molecule has 0 bridgehead atoms. The van der Waals surface area contributed by atoms with Crippen LogP contribution < -0.4 is 20.9 Å². The number of benzene rings is 1. The van der Waals surface area contributed by atoms with Crippen LogP contribution in [0.25, 0.3) is 0 Å². The Hall–Kier alpha value is -2.15. The molecule has 0 aliphatic heterocycles. The lowest BCUT2D eigenvalue weighted by Crippen LogP contribution is -2.50. The second-order valence-corrected chi connectivity index (χ2v) is 6.51. The molecule has 1 fully saturated rings. The van der Waals surface area contributed by atoms with Gasteiger partial charge in [0.2, 0.25) is 5.91 Å². The van der Waals surface area contributed by atoms with Crippen molar-refractivity contribution in [3.8, 4) is 5.75 Å². The van der Waals surface area contributed by atoms with Gasteiger partial charge < -0.3 is 4.74 Å². The van der Waals surface area contributed by atoms with Crippen molar-refractivity contribution >= 4 is 29.1 Å². The molecule has 6 nitrogen and oxygen atoms in total. The third-order valence-electron chi connectivity index (χ3n) is 4.09. The van der Waals surface area contributed by atoms with Gasteiger partial charge in [0.25, 0.3) is 5.91 Å². The number of nitrogens with one attached hydrogen (secondary N) is 3. The fourth-order valence-electron chi connectivity index (χ4n) is 2.71. The standard InChI is InChI=1S/C18H25N3O3S/c1-2-12-24-15-10-8-14(9-11-15)16(22)19-18(25)21-20-17(23)13-6-4-3-5-7-13/h8-11,13H,2-7,12H2,1H3,(H,20,23)(H2,19,21,22,25). The third kappa shape index (κ3) is 6.34. The van der Waals surface area contributed by atoms with Crippen LogP contribution >= 0.6 is 12.2 Å². The maximum Gasteiger partial charge on any atom is 0.257 e. The molecular formula is C18H25N3O3S. The highest BCUT2D eigenvalue weighted by Crippen LogP contribution is 2.23. The van der Waals surface area contributed by atoms with Crippen LogP contribution in [0.15, 0.2) is 24.3 Å². The van der Waals surface area contributed by atoms with Gasteiger partial charge in [-0.2, -0.15) is 0 Å². The molecule has 0 unspecified atom stereocenters. The van der Waals surface area contributed by atoms with Gasteiger partial charge in [-0.15, -0.1) is 0 Å². The zero-order valence-electron chi connectivity index (χ0n) is 14.5. The Morgan fingerprint density at radius 3 is 2.44 bits per heavy atom. The lowest BCUT2D eigenvalue weighted by molar-refractivity contribution is -0.126. The molecule has 25 heavy (non-hydrogen) atoms. The molecule has 2 amide bonds. The summed E-state index contributed by atoms with van der Waals surface area (Å²) in [5.74, 6) is 0.328. The maximum atomic E-state index is 12.1. The number of amides is 2. The van der Waals surface area contributed by atoms with E-state index in [0.717, 1.165) is 37.9 Å². The van der Waals surface area contributed by atoms with E-state index in [0.29, 0.717) is 12.2 Å². The average Bonchev–Trinajstić information content (AvgIpc) is 2.65. The Kier molecular flexibility index (Phi) is 7.66. The molecule has 0 heterocycles. The number of ether oxygens (including phenoxy) is 1. The molecule has 0 spiro atoms. The van der Waals surface area contributed by atoms with Crippen LogP contribution in [0.2, 0.25) is 0 Å². The minimum atomic E-state index is -0.341. The predicted octanol–water partition coefficient (Wildman–Crippen LogP) is 2.69. The summed E-state index contributed by atoms with van der Waals surface area (Å²) in [4.78, 5) is 24.2. The van der Waals surface area contributed by atoms with Crippen molar-refractivity contribution in [1.82, 2.24) is 16.2 Å². The summed E-state index contributed by atoms with van der Waals surface area (Å²) in [5.41, 5.74) is 5.64. The normalized spacial score (nSPS) is 14.4. The molecule has 1 aromatic rings. The van der Waals surface area contributed by atoms with Gasteiger partial charge in [-0.3, -0.25) is 25.8 Å². The molecule has 1 saturated carbocycles. The van der Waals surface area contributed by atoms with E-state index in [2.05, 4.69) is 16.2 Å². The highest BCUT2D eigenvalue weighted by molar-refractivity contribution is 7.80. The van der Waals surface area contributed by atoms with Crippen LogP contribution in [0.1, 0.15) is 55.8 Å². The highest BCUT2D eigenvalue weighted by Gasteiger charge is 2.21. The molecular weight excluding hydrogens is 338 g/mol. The summed E-state index contributed by atoms with van der Waals surface area (Å²) in [5, 5.41) is 2.61. The molecule has 0 atom stereocenters. The van der Waals surface area contributed by atoms with Gasteiger partial charge in [0.15, 0.2) is 5.11 Å². The molecule has 1 aromatic carbocycles. The molecule has 1 aliphatic carbocycles. The zero-order valence-corrected chi connectivity index (χ0v) is 15.3. The van der Waals surface area contributed by atoms with Crippen LogP contribution in [0.3, 0.4) is 0 Å². The Labute approximate surface area is 153 Å². The van der Waals surface area contributed by atoms with Crippen molar-refractivity contribution in [2.45, 2.75) is 45.4 Å². The van der Waals surface area contributed by atoms with Gasteiger partial charge in [0, 0.05) is 11.5 Å². The number of hydrogen-bond donors (Lipinski definition) is 3. The minimum absolute atomic E-state index is 0.0235. The van der Waals surface area contributed by atoms with E-state index in [1.165, 1.54) is 6.42 Å². The lowest BCUT2D eigenvalue weighted by atomic mass is 9.89. The van der Waals surface area contributed by atoms with Gasteiger partial charge in [-0.05, 0) is 55.7 Å². The molecule has 3 N–H and O–H groups in total. The van der Waals surface area contributed by atoms with Crippen LogP contribution in [-0.4, -0.2) is 23.5 Å². The first-order chi connectivity index (χ1) is 12.1. The first kappa shape index (κ1) is 19.2. The largest absolute Gasteiger partial charge is 0.494 e. The molecule has 136 valence electrons. The van der Waals surface area contributed by atoms with Crippen molar-refractivity contribution in [3.63, 3.8) is 0 Å². The summed E-state index contributed by atoms with van der Waals surface area (Å²) >= 11 is 5.05. The van der Waals surface area contributed by atoms with Crippen molar-refractivity contribution in [1.29, 1.82) is 0 Å². The van der Waals surface area contributed by atoms with Crippen LogP contribution in [0.4, 0.5) is 0 Å². The Balaban J connectivity index is 1.75. The quantitative estimate of drug-likeness (QED) is 0.554. The second-order valence-electron chi connectivity index (χ2n) is 6.11. The summed E-state index contributed by atoms with van der Waals surface area (Å²) in [7, 11) is 0. The van der Waals surface area contributed by atoms with Crippen molar-refractivity contribution < 1.29 is 14.3 Å². The lowest BCUT2D eigenvalue weighted by Gasteiger charge is -2.21. The molecule has 2 rings (SSSR count). The van der Waals surface area contributed by atoms with Crippen LogP contribution in [0.5, 0.6) is 5.75 Å². The van der Waals surface area contributed by atoms with E-state index < -0.39 is 0 Å². The summed E-state index contributed by atoms with van der Waals surface area (Å²) in [6, 6.07) is 6.82. The summed E-state index contributed by atoms with van der Waals surface area (Å²) in [6.45, 7) is 2.67. The second kappa shape index (κ2) is 9.98. The van der Waals surface area contributed by atoms with Gasteiger partial charge in [-0.25, -0.2) is 0 Å². The zero-order chi connectivity index (χ0) is 18.1. The molecule has 0 radical (unpaired) electrons. The van der Waals surface area contributed by atoms with E-state index in [4.69, 9.17) is 17.0 Å². The third-order valence-corrected chi connectivity index (χ3v) is 4.30. The van der Waals surface area contributed by atoms with Crippen molar-refractivity contribution in [2.24, 2.45) is 5.92 Å². The smallest absolute Gasteiger partial charge is 0.257 e. The number of carbonyl (C=O) groups is 2. The van der Waals surface area contributed by atoms with Gasteiger partial charge in [0.05, 0.1) is 6.61 Å². The number of hydrogen-bond acceptors (Lipinski definition) is 4. The van der Waals surface area contributed by atoms with E-state index in [1.807, 2.05) is 6.92 Å². The maximum absolute atomic E-state index is 12.1. The fraction of sp³-hybridized carbons (Fsp3) is 0.500. The van der Waals surface area contributed by atoms with Gasteiger partial charge in [0.1, 0.15) is 5.75 Å². The van der Waals surface area contributed by atoms with E-state index in [9.17, 15) is 9.59 Å². The average molecular weight is 363 g/mol. The first-order valence-electron chi connectivity index (χ1n) is 8.74. The minimum Gasteiger partial charge on any atom is -0.494 e. The van der Waals surface area contributed by atoms with Crippen molar-refractivity contribution in [3.05, 3.63) is 29.8 Å². The van der Waals surface area contributed by atoms with Gasteiger partial charge >= 0.3 is 0 Å². The summed E-state index contributed by atoms with van der Waals surface area (Å²) in [6.07, 6.45) is 6.08. The van der Waals surface area contributed by atoms with Crippen LogP contribution in [0, 0.1) is 5.92 Å². The molecule has 0 aromatic heterocycles. The highest BCUT2D eigenvalue weighted by atomic mass is 32.1. The van der Waals surface area contributed by atoms with Gasteiger partial charge in [-0.1, -0.05) is 26.2 Å². The van der Waals surface area contributed by atoms with Crippen LogP contribution in [-0.2, 0) is 4.79 Å².